The lowest BCUT2D eigenvalue weighted by Crippen LogP contribution is -2.10. The van der Waals surface area contributed by atoms with Crippen molar-refractivity contribution in [3.63, 3.8) is 0 Å². The van der Waals surface area contributed by atoms with Crippen LogP contribution in [0.1, 0.15) is 13.3 Å². The minimum atomic E-state index is 0.812. The summed E-state index contributed by atoms with van der Waals surface area (Å²) >= 11 is 10.7. The first kappa shape index (κ1) is 10.7. The zero-order valence-corrected chi connectivity index (χ0v) is 10.7. The van der Waals surface area contributed by atoms with Crippen LogP contribution in [0, 0.1) is 0 Å². The number of halogens is 1. The van der Waals surface area contributed by atoms with E-state index in [2.05, 4.69) is 16.6 Å². The molecule has 2 nitrogen and oxygen atoms in total. The Morgan fingerprint density at radius 2 is 2.50 bits per heavy atom. The van der Waals surface area contributed by atoms with Crippen LogP contribution in [0.3, 0.4) is 0 Å². The molecule has 2 heterocycles. The molecule has 0 bridgehead atoms. The van der Waals surface area contributed by atoms with Gasteiger partial charge in [0.05, 0.1) is 10.0 Å². The van der Waals surface area contributed by atoms with Crippen molar-refractivity contribution in [2.45, 2.75) is 17.6 Å². The van der Waals surface area contributed by atoms with Crippen molar-refractivity contribution in [2.24, 2.45) is 4.40 Å². The Kier molecular flexibility index (Phi) is 3.65. The van der Waals surface area contributed by atoms with Gasteiger partial charge in [-0.25, -0.2) is 0 Å². The van der Waals surface area contributed by atoms with E-state index in [1.807, 2.05) is 6.07 Å². The minimum absolute atomic E-state index is 0.812. The van der Waals surface area contributed by atoms with Gasteiger partial charge in [0, 0.05) is 17.7 Å². The van der Waals surface area contributed by atoms with Crippen LogP contribution in [0.2, 0.25) is 4.34 Å². The number of thiophene rings is 1. The van der Waals surface area contributed by atoms with Crippen molar-refractivity contribution in [2.75, 3.05) is 11.1 Å². The van der Waals surface area contributed by atoms with Crippen LogP contribution in [0.4, 0.5) is 5.69 Å². The molecule has 0 atom stereocenters. The van der Waals surface area contributed by atoms with Crippen LogP contribution in [-0.4, -0.2) is 10.9 Å². The van der Waals surface area contributed by atoms with Crippen LogP contribution in [-0.2, 0) is 0 Å². The van der Waals surface area contributed by atoms with Crippen molar-refractivity contribution in [1.29, 1.82) is 0 Å². The third-order valence-electron chi connectivity index (χ3n) is 1.56. The minimum Gasteiger partial charge on any atom is -0.332 e. The molecule has 6 heteroatoms. The van der Waals surface area contributed by atoms with E-state index in [1.54, 1.807) is 23.1 Å². The fourth-order valence-electron chi connectivity index (χ4n) is 0.982. The van der Waals surface area contributed by atoms with Gasteiger partial charge < -0.3 is 5.32 Å². The van der Waals surface area contributed by atoms with E-state index in [1.165, 1.54) is 11.9 Å². The first-order chi connectivity index (χ1) is 6.79. The molecular formula is C8H9ClN2S3. The van der Waals surface area contributed by atoms with E-state index < -0.39 is 0 Å². The summed E-state index contributed by atoms with van der Waals surface area (Å²) in [6, 6.07) is 1.95. The largest absolute Gasteiger partial charge is 0.332 e. The van der Waals surface area contributed by atoms with Gasteiger partial charge in [-0.05, 0) is 12.5 Å². The maximum absolute atomic E-state index is 5.91. The number of nitrogens with zero attached hydrogens (tertiary/aromatic N) is 1. The monoisotopic (exact) mass is 264 g/mol. The fourth-order valence-corrected chi connectivity index (χ4v) is 3.89. The van der Waals surface area contributed by atoms with Crippen LogP contribution in [0.5, 0.6) is 0 Å². The molecule has 1 aromatic rings. The molecule has 1 aliphatic rings. The van der Waals surface area contributed by atoms with Gasteiger partial charge in [0.15, 0.2) is 5.17 Å². The zero-order valence-electron chi connectivity index (χ0n) is 7.54. The number of hydrogen-bond donors (Lipinski definition) is 1. The standard InChI is InChI=1S/C8H9ClN2S3/c1-2-3-12-8-10-5-4-6(9)13-7(5)14-11-8/h4H,2-3H2,1H3,(H,10,11). The molecule has 0 saturated carbocycles. The second-order valence-corrected chi connectivity index (χ2v) is 6.51. The van der Waals surface area contributed by atoms with Gasteiger partial charge in [0.1, 0.15) is 4.21 Å². The van der Waals surface area contributed by atoms with Gasteiger partial charge in [0.2, 0.25) is 0 Å². The highest BCUT2D eigenvalue weighted by Crippen LogP contribution is 2.42. The highest BCUT2D eigenvalue weighted by atomic mass is 35.5. The van der Waals surface area contributed by atoms with Crippen LogP contribution in [0.25, 0.3) is 0 Å². The van der Waals surface area contributed by atoms with Crippen molar-refractivity contribution >= 4 is 57.5 Å². The lowest BCUT2D eigenvalue weighted by molar-refractivity contribution is 1.11. The molecule has 0 spiro atoms. The van der Waals surface area contributed by atoms with Crippen LogP contribution in [0.15, 0.2) is 14.7 Å². The molecule has 2 rings (SSSR count). The molecule has 0 aromatic carbocycles. The molecule has 0 amide bonds. The summed E-state index contributed by atoms with van der Waals surface area (Å²) in [5, 5.41) is 4.26. The lowest BCUT2D eigenvalue weighted by Gasteiger charge is -2.12. The maximum Gasteiger partial charge on any atom is 0.173 e. The molecule has 0 aliphatic carbocycles. The number of amidine groups is 1. The van der Waals surface area contributed by atoms with Crippen molar-refractivity contribution < 1.29 is 0 Å². The molecule has 76 valence electrons. The average molecular weight is 265 g/mol. The molecule has 0 saturated heterocycles. The van der Waals surface area contributed by atoms with E-state index in [-0.39, 0.29) is 0 Å². The van der Waals surface area contributed by atoms with E-state index in [9.17, 15) is 0 Å². The van der Waals surface area contributed by atoms with E-state index in [4.69, 9.17) is 11.6 Å². The molecular weight excluding hydrogens is 256 g/mol. The maximum atomic E-state index is 5.91. The third-order valence-corrected chi connectivity index (χ3v) is 4.95. The van der Waals surface area contributed by atoms with Crippen molar-refractivity contribution in [3.05, 3.63) is 10.4 Å². The second kappa shape index (κ2) is 4.79. The second-order valence-electron chi connectivity index (χ2n) is 2.71. The number of nitrogens with one attached hydrogen (secondary N) is 1. The van der Waals surface area contributed by atoms with E-state index >= 15 is 0 Å². The third kappa shape index (κ3) is 2.39. The highest BCUT2D eigenvalue weighted by molar-refractivity contribution is 8.15. The molecule has 1 aliphatic heterocycles. The smallest absolute Gasteiger partial charge is 0.173 e. The summed E-state index contributed by atoms with van der Waals surface area (Å²) in [4.78, 5) is 0. The van der Waals surface area contributed by atoms with Gasteiger partial charge in [-0.15, -0.1) is 11.3 Å². The number of hydrogen-bond acceptors (Lipinski definition) is 5. The predicted octanol–water partition coefficient (Wildman–Crippen LogP) is 4.33. The normalized spacial score (nSPS) is 14.6. The molecule has 1 N–H and O–H groups in total. The van der Waals surface area contributed by atoms with Gasteiger partial charge in [-0.2, -0.15) is 4.40 Å². The van der Waals surface area contributed by atoms with Gasteiger partial charge in [-0.1, -0.05) is 30.3 Å². The Balaban J connectivity index is 2.04. The van der Waals surface area contributed by atoms with Crippen LogP contribution >= 0.6 is 46.6 Å². The average Bonchev–Trinajstić information content (AvgIpc) is 2.54. The van der Waals surface area contributed by atoms with Gasteiger partial charge in [0.25, 0.3) is 0 Å². The first-order valence-corrected chi connectivity index (χ1v) is 7.19. The first-order valence-electron chi connectivity index (χ1n) is 4.23. The summed E-state index contributed by atoms with van der Waals surface area (Å²) in [5.74, 6) is 1.10. The number of rotatable bonds is 2. The summed E-state index contributed by atoms with van der Waals surface area (Å²) in [6.45, 7) is 2.16. The van der Waals surface area contributed by atoms with E-state index in [0.717, 1.165) is 31.6 Å². The predicted molar refractivity (Wildman–Crippen MR) is 69.0 cm³/mol. The topological polar surface area (TPSA) is 24.4 Å². The molecule has 0 radical (unpaired) electrons. The summed E-state index contributed by atoms with van der Waals surface area (Å²) in [7, 11) is 0. The van der Waals surface area contributed by atoms with Crippen molar-refractivity contribution in [1.82, 2.24) is 0 Å². The van der Waals surface area contributed by atoms with Crippen molar-refractivity contribution in [3.8, 4) is 0 Å². The molecule has 0 fully saturated rings. The molecule has 0 unspecified atom stereocenters. The molecule has 1 aromatic heterocycles. The molecule has 14 heavy (non-hydrogen) atoms. The Labute approximate surface area is 101 Å². The Morgan fingerprint density at radius 3 is 3.29 bits per heavy atom. The fraction of sp³-hybridized carbons (Fsp3) is 0.375. The Morgan fingerprint density at radius 1 is 1.64 bits per heavy atom. The lowest BCUT2D eigenvalue weighted by atomic mass is 10.5. The SMILES string of the molecule is CCCSC1=NSc2sc(Cl)cc2N1. The number of anilines is 1. The summed E-state index contributed by atoms with van der Waals surface area (Å²) < 4.78 is 6.32. The van der Waals surface area contributed by atoms with Crippen LogP contribution < -0.4 is 5.32 Å². The Bertz CT molecular complexity index is 361. The summed E-state index contributed by atoms with van der Waals surface area (Å²) in [5.41, 5.74) is 1.10. The summed E-state index contributed by atoms with van der Waals surface area (Å²) in [6.07, 6.45) is 1.16. The highest BCUT2D eigenvalue weighted by Gasteiger charge is 2.15. The number of thioether (sulfide) groups is 1. The van der Waals surface area contributed by atoms with Gasteiger partial charge in [-0.3, -0.25) is 0 Å². The number of fused-ring (bicyclic) bond motifs is 1. The zero-order chi connectivity index (χ0) is 9.97. The van der Waals surface area contributed by atoms with E-state index in [0.29, 0.717) is 0 Å². The van der Waals surface area contributed by atoms with Gasteiger partial charge >= 0.3 is 0 Å². The Hall–Kier alpha value is 0.160. The quantitative estimate of drug-likeness (QED) is 0.805.